The predicted molar refractivity (Wildman–Crippen MR) is 92.0 cm³/mol. The van der Waals surface area contributed by atoms with E-state index in [9.17, 15) is 4.79 Å². The average molecular weight is 308 g/mol. The monoisotopic (exact) mass is 308 g/mol. The zero-order chi connectivity index (χ0) is 16.5. The quantitative estimate of drug-likeness (QED) is 0.384. The van der Waals surface area contributed by atoms with Gasteiger partial charge in [0.05, 0.1) is 12.3 Å². The number of nitrogens with one attached hydrogen (secondary N) is 1. The molecule has 0 bridgehead atoms. The van der Waals surface area contributed by atoms with Crippen LogP contribution in [0, 0.1) is 0 Å². The molecule has 2 rings (SSSR count). The second-order valence-corrected chi connectivity index (χ2v) is 4.88. The van der Waals surface area contributed by atoms with E-state index in [0.29, 0.717) is 12.3 Å². The Morgan fingerprint density at radius 1 is 1.04 bits per heavy atom. The van der Waals surface area contributed by atoms with Crippen molar-refractivity contribution in [3.8, 4) is 0 Å². The molecular formula is C19H20N2O2. The Kier molecular flexibility index (Phi) is 6.12. The van der Waals surface area contributed by atoms with E-state index >= 15 is 0 Å². The van der Waals surface area contributed by atoms with Gasteiger partial charge in [-0.3, -0.25) is 5.43 Å². The van der Waals surface area contributed by atoms with Gasteiger partial charge in [0.25, 0.3) is 0 Å². The molecule has 0 aromatic heterocycles. The number of carbonyl (C=O) groups excluding carboxylic acids is 1. The summed E-state index contributed by atoms with van der Waals surface area (Å²) in [6.45, 7) is 3.90. The fourth-order valence-corrected chi connectivity index (χ4v) is 2.02. The minimum atomic E-state index is -0.381. The van der Waals surface area contributed by atoms with Crippen molar-refractivity contribution in [2.45, 2.75) is 13.8 Å². The van der Waals surface area contributed by atoms with Crippen LogP contribution >= 0.6 is 0 Å². The Hall–Kier alpha value is -2.88. The summed E-state index contributed by atoms with van der Waals surface area (Å²) in [4.78, 5) is 11.5. The van der Waals surface area contributed by atoms with Crippen molar-refractivity contribution in [1.82, 2.24) is 5.43 Å². The number of benzene rings is 2. The molecule has 0 amide bonds. The van der Waals surface area contributed by atoms with E-state index in [2.05, 4.69) is 10.5 Å². The average Bonchev–Trinajstić information content (AvgIpc) is 2.57. The highest BCUT2D eigenvalue weighted by molar-refractivity contribution is 6.12. The number of allylic oxidation sites excluding steroid dienone is 1. The largest absolute Gasteiger partial charge is 0.463 e. The summed E-state index contributed by atoms with van der Waals surface area (Å²) in [5.41, 5.74) is 6.33. The van der Waals surface area contributed by atoms with Crippen LogP contribution in [0.3, 0.4) is 0 Å². The van der Waals surface area contributed by atoms with E-state index in [0.717, 1.165) is 16.8 Å². The van der Waals surface area contributed by atoms with Gasteiger partial charge in [-0.2, -0.15) is 5.10 Å². The second kappa shape index (κ2) is 8.54. The lowest BCUT2D eigenvalue weighted by molar-refractivity contribution is -0.137. The lowest BCUT2D eigenvalue weighted by atomic mass is 10.0. The van der Waals surface area contributed by atoms with Gasteiger partial charge in [-0.15, -0.1) is 0 Å². The van der Waals surface area contributed by atoms with Crippen molar-refractivity contribution in [1.29, 1.82) is 0 Å². The molecule has 0 aliphatic heterocycles. The molecule has 1 N–H and O–H groups in total. The molecular weight excluding hydrogens is 288 g/mol. The highest BCUT2D eigenvalue weighted by Gasteiger charge is 2.06. The number of ether oxygens (including phenoxy) is 1. The molecule has 2 aromatic carbocycles. The van der Waals surface area contributed by atoms with Crippen molar-refractivity contribution in [3.05, 3.63) is 83.6 Å². The standard InChI is InChI=1S/C19H20N2O2/c1-3-23-18(22)14-15(2)20-21-19(16-10-6-4-7-11-16)17-12-8-5-9-13-17/h4-14,20H,3H2,1-2H3/b15-14-. The van der Waals surface area contributed by atoms with Crippen molar-refractivity contribution >= 4 is 11.7 Å². The lowest BCUT2D eigenvalue weighted by Crippen LogP contribution is -2.13. The molecule has 0 aliphatic rings. The van der Waals surface area contributed by atoms with Crippen molar-refractivity contribution in [3.63, 3.8) is 0 Å². The van der Waals surface area contributed by atoms with E-state index < -0.39 is 0 Å². The molecule has 0 saturated heterocycles. The molecule has 23 heavy (non-hydrogen) atoms. The van der Waals surface area contributed by atoms with Gasteiger partial charge in [0.2, 0.25) is 0 Å². The van der Waals surface area contributed by atoms with Gasteiger partial charge in [0, 0.05) is 22.9 Å². The van der Waals surface area contributed by atoms with Gasteiger partial charge in [-0.25, -0.2) is 4.79 Å². The fourth-order valence-electron chi connectivity index (χ4n) is 2.02. The first-order chi connectivity index (χ1) is 11.2. The third-order valence-corrected chi connectivity index (χ3v) is 3.06. The minimum absolute atomic E-state index is 0.352. The molecule has 118 valence electrons. The zero-order valence-electron chi connectivity index (χ0n) is 13.3. The molecule has 0 saturated carbocycles. The fraction of sp³-hybridized carbons (Fsp3) is 0.158. The molecule has 0 unspecified atom stereocenters. The molecule has 4 nitrogen and oxygen atoms in total. The van der Waals surface area contributed by atoms with Crippen LogP contribution in [0.25, 0.3) is 0 Å². The topological polar surface area (TPSA) is 50.7 Å². The molecule has 0 fully saturated rings. The van der Waals surface area contributed by atoms with E-state index in [-0.39, 0.29) is 5.97 Å². The van der Waals surface area contributed by atoms with Gasteiger partial charge >= 0.3 is 5.97 Å². The summed E-state index contributed by atoms with van der Waals surface area (Å²) in [6.07, 6.45) is 1.39. The number of hydrazone groups is 1. The SMILES string of the molecule is CCOC(=O)/C=C(/C)NN=C(c1ccccc1)c1ccccc1. The summed E-state index contributed by atoms with van der Waals surface area (Å²) in [7, 11) is 0. The lowest BCUT2D eigenvalue weighted by Gasteiger charge is -2.08. The number of hydrogen-bond donors (Lipinski definition) is 1. The predicted octanol–water partition coefficient (Wildman–Crippen LogP) is 3.50. The van der Waals surface area contributed by atoms with E-state index in [1.165, 1.54) is 6.08 Å². The van der Waals surface area contributed by atoms with Gasteiger partial charge in [-0.05, 0) is 13.8 Å². The zero-order valence-corrected chi connectivity index (χ0v) is 13.3. The summed E-state index contributed by atoms with van der Waals surface area (Å²) >= 11 is 0. The summed E-state index contributed by atoms with van der Waals surface area (Å²) in [5.74, 6) is -0.381. The first-order valence-electron chi connectivity index (χ1n) is 7.50. The first-order valence-corrected chi connectivity index (χ1v) is 7.50. The molecule has 0 radical (unpaired) electrons. The van der Waals surface area contributed by atoms with Crippen LogP contribution in [0.2, 0.25) is 0 Å². The Morgan fingerprint density at radius 3 is 2.04 bits per heavy atom. The number of nitrogens with zero attached hydrogens (tertiary/aromatic N) is 1. The van der Waals surface area contributed by atoms with Crippen LogP contribution in [0.4, 0.5) is 0 Å². The molecule has 0 heterocycles. The van der Waals surface area contributed by atoms with Crippen molar-refractivity contribution in [2.75, 3.05) is 6.61 Å². The highest BCUT2D eigenvalue weighted by atomic mass is 16.5. The van der Waals surface area contributed by atoms with Crippen LogP contribution in [0.15, 0.2) is 77.5 Å². The summed E-state index contributed by atoms with van der Waals surface area (Å²) in [5, 5.41) is 4.47. The molecule has 4 heteroatoms. The van der Waals surface area contributed by atoms with Crippen molar-refractivity contribution < 1.29 is 9.53 Å². The van der Waals surface area contributed by atoms with E-state index in [1.54, 1.807) is 13.8 Å². The molecule has 0 atom stereocenters. The van der Waals surface area contributed by atoms with Crippen molar-refractivity contribution in [2.24, 2.45) is 5.10 Å². The maximum absolute atomic E-state index is 11.5. The second-order valence-electron chi connectivity index (χ2n) is 4.88. The summed E-state index contributed by atoms with van der Waals surface area (Å²) in [6, 6.07) is 19.8. The highest BCUT2D eigenvalue weighted by Crippen LogP contribution is 2.10. The summed E-state index contributed by atoms with van der Waals surface area (Å²) < 4.78 is 4.88. The third kappa shape index (κ3) is 5.11. The first kappa shape index (κ1) is 16.5. The molecule has 0 aliphatic carbocycles. The maximum atomic E-state index is 11.5. The minimum Gasteiger partial charge on any atom is -0.463 e. The number of esters is 1. The normalized spacial score (nSPS) is 10.8. The van der Waals surface area contributed by atoms with E-state index in [4.69, 9.17) is 4.74 Å². The number of hydrogen-bond acceptors (Lipinski definition) is 4. The van der Waals surface area contributed by atoms with Gasteiger partial charge in [-0.1, -0.05) is 60.7 Å². The van der Waals surface area contributed by atoms with Crippen LogP contribution in [-0.2, 0) is 9.53 Å². The Bertz CT molecular complexity index is 650. The van der Waals surface area contributed by atoms with Crippen LogP contribution in [0.1, 0.15) is 25.0 Å². The van der Waals surface area contributed by atoms with Gasteiger partial charge in [0.15, 0.2) is 0 Å². The van der Waals surface area contributed by atoms with Crippen LogP contribution < -0.4 is 5.43 Å². The van der Waals surface area contributed by atoms with Gasteiger partial charge < -0.3 is 4.74 Å². The van der Waals surface area contributed by atoms with Gasteiger partial charge in [0.1, 0.15) is 0 Å². The number of rotatable bonds is 6. The van der Waals surface area contributed by atoms with Crippen LogP contribution in [0.5, 0.6) is 0 Å². The molecule has 0 spiro atoms. The number of carbonyl (C=O) groups is 1. The Labute approximate surface area is 136 Å². The Morgan fingerprint density at radius 2 is 1.57 bits per heavy atom. The maximum Gasteiger partial charge on any atom is 0.332 e. The third-order valence-electron chi connectivity index (χ3n) is 3.06. The van der Waals surface area contributed by atoms with Crippen LogP contribution in [-0.4, -0.2) is 18.3 Å². The smallest absolute Gasteiger partial charge is 0.332 e. The Balaban J connectivity index is 2.26. The van der Waals surface area contributed by atoms with E-state index in [1.807, 2.05) is 60.7 Å². The molecule has 2 aromatic rings.